The third kappa shape index (κ3) is 7.32. The number of urea groups is 1. The van der Waals surface area contributed by atoms with Crippen molar-refractivity contribution in [2.45, 2.75) is 26.4 Å². The number of rotatable bonds is 11. The Balaban J connectivity index is 2.09. The number of benzene rings is 1. The van der Waals surface area contributed by atoms with Crippen LogP contribution in [0.25, 0.3) is 0 Å². The fraction of sp³-hybridized carbons (Fsp3) is 0.429. The van der Waals surface area contributed by atoms with E-state index in [4.69, 9.17) is 4.74 Å². The van der Waals surface area contributed by atoms with E-state index in [1.54, 1.807) is 23.3 Å². The van der Waals surface area contributed by atoms with Crippen LogP contribution in [0.5, 0.6) is 0 Å². The summed E-state index contributed by atoms with van der Waals surface area (Å²) >= 11 is 1.63. The van der Waals surface area contributed by atoms with Crippen LogP contribution >= 0.6 is 11.3 Å². The number of nitrogens with zero attached hydrogens (tertiary/aromatic N) is 2. The SMILES string of the molecule is CCNC(=O)N(CCCOC)CC(=O)N(Cc1ccccc1)Cc1cccs1. The van der Waals surface area contributed by atoms with E-state index in [0.29, 0.717) is 39.2 Å². The van der Waals surface area contributed by atoms with Crippen molar-refractivity contribution in [1.29, 1.82) is 0 Å². The van der Waals surface area contributed by atoms with Gasteiger partial charge < -0.3 is 19.9 Å². The van der Waals surface area contributed by atoms with Crippen LogP contribution in [0.3, 0.4) is 0 Å². The van der Waals surface area contributed by atoms with Gasteiger partial charge in [-0.2, -0.15) is 0 Å². The molecule has 0 fully saturated rings. The van der Waals surface area contributed by atoms with Crippen LogP contribution in [-0.4, -0.2) is 55.1 Å². The quantitative estimate of drug-likeness (QED) is 0.585. The normalized spacial score (nSPS) is 10.5. The summed E-state index contributed by atoms with van der Waals surface area (Å²) in [5.74, 6) is -0.0686. The van der Waals surface area contributed by atoms with Gasteiger partial charge in [-0.25, -0.2) is 4.79 Å². The summed E-state index contributed by atoms with van der Waals surface area (Å²) in [7, 11) is 1.63. The highest BCUT2D eigenvalue weighted by Gasteiger charge is 2.21. The van der Waals surface area contributed by atoms with Gasteiger partial charge in [0.25, 0.3) is 0 Å². The molecule has 6 nitrogen and oxygen atoms in total. The minimum absolute atomic E-state index is 0.0494. The lowest BCUT2D eigenvalue weighted by atomic mass is 10.2. The van der Waals surface area contributed by atoms with Crippen molar-refractivity contribution < 1.29 is 14.3 Å². The number of thiophene rings is 1. The third-order valence-electron chi connectivity index (χ3n) is 4.21. The largest absolute Gasteiger partial charge is 0.385 e. The zero-order valence-corrected chi connectivity index (χ0v) is 17.4. The van der Waals surface area contributed by atoms with Gasteiger partial charge in [0.15, 0.2) is 0 Å². The lowest BCUT2D eigenvalue weighted by Crippen LogP contribution is -2.47. The first-order valence-corrected chi connectivity index (χ1v) is 10.4. The van der Waals surface area contributed by atoms with Crippen LogP contribution in [0.15, 0.2) is 47.8 Å². The second kappa shape index (κ2) is 12.2. The van der Waals surface area contributed by atoms with Crippen LogP contribution in [0.2, 0.25) is 0 Å². The fourth-order valence-corrected chi connectivity index (χ4v) is 3.52. The molecule has 0 spiro atoms. The smallest absolute Gasteiger partial charge is 0.317 e. The highest BCUT2D eigenvalue weighted by atomic mass is 32.1. The molecule has 3 amide bonds. The summed E-state index contributed by atoms with van der Waals surface area (Å²) in [6.07, 6.45) is 0.685. The highest BCUT2D eigenvalue weighted by Crippen LogP contribution is 2.15. The van der Waals surface area contributed by atoms with E-state index in [0.717, 1.165) is 10.4 Å². The second-order valence-corrected chi connectivity index (χ2v) is 7.45. The maximum absolute atomic E-state index is 13.1. The Morgan fingerprint density at radius 2 is 1.86 bits per heavy atom. The first-order valence-electron chi connectivity index (χ1n) is 9.49. The average molecular weight is 404 g/mol. The standard InChI is InChI=1S/C21H29N3O3S/c1-3-22-21(26)23(12-8-13-27-2)17-20(25)24(16-19-11-7-14-28-19)15-18-9-5-4-6-10-18/h4-7,9-11,14H,3,8,12-13,15-17H2,1-2H3,(H,22,26). The maximum atomic E-state index is 13.1. The molecule has 0 radical (unpaired) electrons. The lowest BCUT2D eigenvalue weighted by molar-refractivity contribution is -0.133. The van der Waals surface area contributed by atoms with Gasteiger partial charge in [0.05, 0.1) is 6.54 Å². The molecule has 0 aliphatic heterocycles. The Labute approximate surface area is 171 Å². The molecule has 0 unspecified atom stereocenters. The number of amides is 3. The summed E-state index contributed by atoms with van der Waals surface area (Å²) in [5, 5.41) is 4.80. The number of nitrogens with one attached hydrogen (secondary N) is 1. The fourth-order valence-electron chi connectivity index (χ4n) is 2.81. The molecular weight excluding hydrogens is 374 g/mol. The molecule has 2 aromatic rings. The summed E-state index contributed by atoms with van der Waals surface area (Å²) in [4.78, 5) is 30.0. The molecule has 0 saturated heterocycles. The Bertz CT molecular complexity index is 707. The molecular formula is C21H29N3O3S. The van der Waals surface area contributed by atoms with Crippen LogP contribution in [0, 0.1) is 0 Å². The predicted molar refractivity (Wildman–Crippen MR) is 112 cm³/mol. The van der Waals surface area contributed by atoms with E-state index in [1.165, 1.54) is 0 Å². The Hall–Kier alpha value is -2.38. The zero-order chi connectivity index (χ0) is 20.2. The lowest BCUT2D eigenvalue weighted by Gasteiger charge is -2.27. The molecule has 0 saturated carbocycles. The Morgan fingerprint density at radius 3 is 2.50 bits per heavy atom. The predicted octanol–water partition coefficient (Wildman–Crippen LogP) is 3.34. The first-order chi connectivity index (χ1) is 13.6. The van der Waals surface area contributed by atoms with E-state index in [-0.39, 0.29) is 18.5 Å². The topological polar surface area (TPSA) is 61.9 Å². The van der Waals surface area contributed by atoms with Gasteiger partial charge in [-0.15, -0.1) is 11.3 Å². The van der Waals surface area contributed by atoms with Gasteiger partial charge in [-0.3, -0.25) is 4.79 Å². The van der Waals surface area contributed by atoms with Gasteiger partial charge in [0, 0.05) is 38.2 Å². The molecule has 7 heteroatoms. The average Bonchev–Trinajstić information content (AvgIpc) is 3.21. The van der Waals surface area contributed by atoms with Gasteiger partial charge in [-0.1, -0.05) is 36.4 Å². The number of carbonyl (C=O) groups excluding carboxylic acids is 2. The van der Waals surface area contributed by atoms with Crippen molar-refractivity contribution in [3.63, 3.8) is 0 Å². The highest BCUT2D eigenvalue weighted by molar-refractivity contribution is 7.09. The number of hydrogen-bond donors (Lipinski definition) is 1. The van der Waals surface area contributed by atoms with E-state index < -0.39 is 0 Å². The Morgan fingerprint density at radius 1 is 1.07 bits per heavy atom. The third-order valence-corrected chi connectivity index (χ3v) is 5.07. The molecule has 1 aromatic heterocycles. The monoisotopic (exact) mass is 403 g/mol. The number of carbonyl (C=O) groups is 2. The molecule has 1 heterocycles. The summed E-state index contributed by atoms with van der Waals surface area (Å²) < 4.78 is 5.08. The van der Waals surface area contributed by atoms with Crippen molar-refractivity contribution >= 4 is 23.3 Å². The summed E-state index contributed by atoms with van der Waals surface area (Å²) in [6, 6.07) is 13.7. The van der Waals surface area contributed by atoms with Crippen molar-refractivity contribution in [2.24, 2.45) is 0 Å². The van der Waals surface area contributed by atoms with Crippen molar-refractivity contribution in [2.75, 3.05) is 33.4 Å². The van der Waals surface area contributed by atoms with Crippen molar-refractivity contribution in [3.8, 4) is 0 Å². The molecule has 0 aliphatic rings. The zero-order valence-electron chi connectivity index (χ0n) is 16.6. The minimum Gasteiger partial charge on any atom is -0.385 e. The molecule has 0 aliphatic carbocycles. The molecule has 28 heavy (non-hydrogen) atoms. The van der Waals surface area contributed by atoms with Gasteiger partial charge in [-0.05, 0) is 30.4 Å². The van der Waals surface area contributed by atoms with Crippen LogP contribution in [-0.2, 0) is 22.6 Å². The summed E-state index contributed by atoms with van der Waals surface area (Å²) in [6.45, 7) is 4.51. The Kier molecular flexibility index (Phi) is 9.51. The van der Waals surface area contributed by atoms with E-state index in [9.17, 15) is 9.59 Å². The van der Waals surface area contributed by atoms with Gasteiger partial charge >= 0.3 is 6.03 Å². The maximum Gasteiger partial charge on any atom is 0.317 e. The molecule has 0 bridgehead atoms. The molecule has 2 rings (SSSR count). The summed E-state index contributed by atoms with van der Waals surface area (Å²) in [5.41, 5.74) is 1.07. The van der Waals surface area contributed by atoms with E-state index >= 15 is 0 Å². The van der Waals surface area contributed by atoms with Crippen LogP contribution < -0.4 is 5.32 Å². The van der Waals surface area contributed by atoms with Crippen molar-refractivity contribution in [1.82, 2.24) is 15.1 Å². The number of ether oxygens (including phenoxy) is 1. The molecule has 0 atom stereocenters. The van der Waals surface area contributed by atoms with Crippen LogP contribution in [0.4, 0.5) is 4.79 Å². The molecule has 152 valence electrons. The number of hydrogen-bond acceptors (Lipinski definition) is 4. The van der Waals surface area contributed by atoms with Crippen LogP contribution in [0.1, 0.15) is 23.8 Å². The first kappa shape index (κ1) is 21.9. The molecule has 1 aromatic carbocycles. The number of methoxy groups -OCH3 is 1. The second-order valence-electron chi connectivity index (χ2n) is 6.42. The van der Waals surface area contributed by atoms with Gasteiger partial charge in [0.2, 0.25) is 5.91 Å². The van der Waals surface area contributed by atoms with Crippen molar-refractivity contribution in [3.05, 3.63) is 58.3 Å². The minimum atomic E-state index is -0.220. The molecule has 1 N–H and O–H groups in total. The van der Waals surface area contributed by atoms with Gasteiger partial charge in [0.1, 0.15) is 6.54 Å². The van der Waals surface area contributed by atoms with E-state index in [2.05, 4.69) is 5.32 Å². The van der Waals surface area contributed by atoms with E-state index in [1.807, 2.05) is 59.7 Å².